The number of carbonyl (C=O) groups excluding carboxylic acids is 1. The van der Waals surface area contributed by atoms with Gasteiger partial charge in [-0.25, -0.2) is 9.97 Å². The number of hydrogen-bond donors (Lipinski definition) is 2. The van der Waals surface area contributed by atoms with Gasteiger partial charge in [0.25, 0.3) is 5.91 Å². The van der Waals surface area contributed by atoms with Gasteiger partial charge in [-0.3, -0.25) is 9.69 Å². The second kappa shape index (κ2) is 10.3. The number of carbonyl (C=O) groups is 1. The quantitative estimate of drug-likeness (QED) is 0.343. The first-order valence-corrected chi connectivity index (χ1v) is 14.5. The Bertz CT molecular complexity index is 1630. The Balaban J connectivity index is 1.23. The summed E-state index contributed by atoms with van der Waals surface area (Å²) < 4.78 is 0. The van der Waals surface area contributed by atoms with Crippen molar-refractivity contribution in [3.8, 4) is 11.3 Å². The zero-order valence-corrected chi connectivity index (χ0v) is 23.0. The van der Waals surface area contributed by atoms with Crippen LogP contribution in [0.4, 0.5) is 5.69 Å². The topological polar surface area (TPSA) is 85.3 Å². The van der Waals surface area contributed by atoms with Gasteiger partial charge >= 0.3 is 0 Å². The molecule has 1 fully saturated rings. The Kier molecular flexibility index (Phi) is 6.48. The van der Waals surface area contributed by atoms with Gasteiger partial charge in [0.05, 0.1) is 12.3 Å². The Morgan fingerprint density at radius 1 is 1.05 bits per heavy atom. The molecule has 4 aromatic rings. The fraction of sp³-hybridized carbons (Fsp3) is 0.364. The number of β-amino-alcohol motifs (C(OH)–C–C–N with tert-alkyl or cyclic N) is 1. The third-order valence-corrected chi connectivity index (χ3v) is 8.81. The lowest BCUT2D eigenvalue weighted by Gasteiger charge is -2.25. The average Bonchev–Trinajstić information content (AvgIpc) is 3.76. The van der Waals surface area contributed by atoms with Crippen LogP contribution < -0.4 is 4.90 Å². The van der Waals surface area contributed by atoms with Crippen molar-refractivity contribution in [2.45, 2.75) is 44.9 Å². The van der Waals surface area contributed by atoms with Gasteiger partial charge in [-0.15, -0.1) is 0 Å². The first kappa shape index (κ1) is 25.2. The number of fused-ring (bicyclic) bond motifs is 2. The van der Waals surface area contributed by atoms with Gasteiger partial charge in [0.15, 0.2) is 0 Å². The number of aliphatic hydroxyl groups excluding tert-OH is 1. The second-order valence-corrected chi connectivity index (χ2v) is 11.4. The van der Waals surface area contributed by atoms with E-state index in [1.807, 2.05) is 11.0 Å². The van der Waals surface area contributed by atoms with Gasteiger partial charge in [0.2, 0.25) is 0 Å². The number of hydrogen-bond acceptors (Lipinski definition) is 5. The molecule has 2 aromatic heterocycles. The van der Waals surface area contributed by atoms with Crippen LogP contribution in [0.2, 0.25) is 0 Å². The molecule has 4 heterocycles. The number of H-pyrrole nitrogens is 1. The van der Waals surface area contributed by atoms with Gasteiger partial charge in [-0.05, 0) is 85.4 Å². The first-order valence-electron chi connectivity index (χ1n) is 14.5. The molecule has 0 spiro atoms. The number of aryl methyl sites for hydroxylation is 1. The Labute approximate surface area is 234 Å². The standard InChI is InChI=1S/C33H35N5O2/c1-21-26(31-28-19-29(36-32(28)35-20-34-31)23-11-14-37(15-12-23)16-17-39)5-2-6-30(21)38-13-3-4-25-18-24(22-7-8-22)9-10-27(25)33(38)40/h2,5-6,9-11,18-20,22,39H,3-4,7-8,12-17H2,1H3,(H,34,35,36). The van der Waals surface area contributed by atoms with Gasteiger partial charge in [0.1, 0.15) is 12.0 Å². The Hall–Kier alpha value is -3.81. The molecule has 1 saturated carbocycles. The summed E-state index contributed by atoms with van der Waals surface area (Å²) in [4.78, 5) is 30.9. The predicted molar refractivity (Wildman–Crippen MR) is 159 cm³/mol. The molecule has 0 radical (unpaired) electrons. The minimum Gasteiger partial charge on any atom is -0.395 e. The molecule has 204 valence electrons. The van der Waals surface area contributed by atoms with Crippen LogP contribution in [0.3, 0.4) is 0 Å². The molecule has 2 aliphatic heterocycles. The van der Waals surface area contributed by atoms with Crippen molar-refractivity contribution in [3.63, 3.8) is 0 Å². The molecule has 0 bridgehead atoms. The van der Waals surface area contributed by atoms with E-state index >= 15 is 0 Å². The van der Waals surface area contributed by atoms with Crippen LogP contribution >= 0.6 is 0 Å². The Morgan fingerprint density at radius 2 is 1.95 bits per heavy atom. The number of aromatic amines is 1. The van der Waals surface area contributed by atoms with E-state index < -0.39 is 0 Å². The van der Waals surface area contributed by atoms with E-state index in [2.05, 4.69) is 64.3 Å². The number of anilines is 1. The summed E-state index contributed by atoms with van der Waals surface area (Å²) in [6.45, 7) is 5.45. The van der Waals surface area contributed by atoms with Gasteiger partial charge < -0.3 is 15.0 Å². The maximum absolute atomic E-state index is 13.9. The number of amides is 1. The molecule has 2 aromatic carbocycles. The zero-order valence-electron chi connectivity index (χ0n) is 23.0. The largest absolute Gasteiger partial charge is 0.395 e. The molecular weight excluding hydrogens is 498 g/mol. The highest BCUT2D eigenvalue weighted by atomic mass is 16.3. The molecule has 0 atom stereocenters. The van der Waals surface area contributed by atoms with Crippen LogP contribution in [0.1, 0.15) is 64.3 Å². The van der Waals surface area contributed by atoms with Crippen molar-refractivity contribution in [1.29, 1.82) is 0 Å². The summed E-state index contributed by atoms with van der Waals surface area (Å²) in [5.74, 6) is 0.777. The van der Waals surface area contributed by atoms with E-state index in [1.54, 1.807) is 6.33 Å². The summed E-state index contributed by atoms with van der Waals surface area (Å²) in [5, 5.41) is 10.2. The summed E-state index contributed by atoms with van der Waals surface area (Å²) in [6.07, 6.45) is 9.19. The maximum atomic E-state index is 13.9. The van der Waals surface area contributed by atoms with E-state index in [0.717, 1.165) is 77.2 Å². The number of benzene rings is 2. The maximum Gasteiger partial charge on any atom is 0.258 e. The normalized spacial score (nSPS) is 18.1. The fourth-order valence-electron chi connectivity index (χ4n) is 6.40. The highest BCUT2D eigenvalue weighted by Gasteiger charge is 2.29. The van der Waals surface area contributed by atoms with Crippen molar-refractivity contribution in [2.24, 2.45) is 0 Å². The smallest absolute Gasteiger partial charge is 0.258 e. The molecule has 7 rings (SSSR count). The van der Waals surface area contributed by atoms with E-state index in [-0.39, 0.29) is 12.5 Å². The minimum atomic E-state index is 0.0892. The van der Waals surface area contributed by atoms with Crippen LogP contribution in [-0.2, 0) is 6.42 Å². The van der Waals surface area contributed by atoms with Gasteiger partial charge in [-0.2, -0.15) is 0 Å². The van der Waals surface area contributed by atoms with Gasteiger partial charge in [0, 0.05) is 54.1 Å². The number of aromatic nitrogens is 3. The van der Waals surface area contributed by atoms with Crippen molar-refractivity contribution in [3.05, 3.63) is 82.8 Å². The van der Waals surface area contributed by atoms with Gasteiger partial charge in [-0.1, -0.05) is 30.3 Å². The lowest BCUT2D eigenvalue weighted by Crippen LogP contribution is -2.31. The van der Waals surface area contributed by atoms with Crippen molar-refractivity contribution in [2.75, 3.05) is 37.7 Å². The lowest BCUT2D eigenvalue weighted by atomic mass is 9.98. The molecule has 0 saturated heterocycles. The molecule has 0 unspecified atom stereocenters. The van der Waals surface area contributed by atoms with Crippen molar-refractivity contribution in [1.82, 2.24) is 19.9 Å². The monoisotopic (exact) mass is 533 g/mol. The number of nitrogens with zero attached hydrogens (tertiary/aromatic N) is 4. The zero-order chi connectivity index (χ0) is 27.2. The fourth-order valence-corrected chi connectivity index (χ4v) is 6.40. The lowest BCUT2D eigenvalue weighted by molar-refractivity contribution is 0.0988. The molecule has 3 aliphatic rings. The number of aliphatic hydroxyl groups is 1. The number of rotatable bonds is 6. The molecule has 1 aliphatic carbocycles. The molecule has 7 nitrogen and oxygen atoms in total. The second-order valence-electron chi connectivity index (χ2n) is 11.4. The van der Waals surface area contributed by atoms with Crippen LogP contribution in [0.25, 0.3) is 27.9 Å². The average molecular weight is 534 g/mol. The molecule has 40 heavy (non-hydrogen) atoms. The SMILES string of the molecule is Cc1c(-c2ncnc3[nH]c(C4=CCN(CCO)CC4)cc23)cccc1N1CCCc2cc(C3CC3)ccc2C1=O. The molecule has 7 heteroatoms. The minimum absolute atomic E-state index is 0.0892. The van der Waals surface area contributed by atoms with Crippen LogP contribution in [0.15, 0.2) is 54.9 Å². The third kappa shape index (κ3) is 4.53. The Morgan fingerprint density at radius 3 is 2.75 bits per heavy atom. The first-order chi connectivity index (χ1) is 19.6. The molecular formula is C33H35N5O2. The van der Waals surface area contributed by atoms with Crippen LogP contribution in [0, 0.1) is 6.92 Å². The van der Waals surface area contributed by atoms with Crippen molar-refractivity contribution >= 4 is 28.2 Å². The summed E-state index contributed by atoms with van der Waals surface area (Å²) in [6, 6.07) is 14.9. The van der Waals surface area contributed by atoms with Crippen LogP contribution in [-0.4, -0.2) is 63.7 Å². The van der Waals surface area contributed by atoms with E-state index in [0.29, 0.717) is 19.0 Å². The summed E-state index contributed by atoms with van der Waals surface area (Å²) in [5.41, 5.74) is 10.5. The predicted octanol–water partition coefficient (Wildman–Crippen LogP) is 5.49. The third-order valence-electron chi connectivity index (χ3n) is 8.81. The summed E-state index contributed by atoms with van der Waals surface area (Å²) >= 11 is 0. The molecule has 2 N–H and O–H groups in total. The highest BCUT2D eigenvalue weighted by molar-refractivity contribution is 6.08. The molecule has 1 amide bonds. The number of nitrogens with one attached hydrogen (secondary N) is 1. The summed E-state index contributed by atoms with van der Waals surface area (Å²) in [7, 11) is 0. The highest BCUT2D eigenvalue weighted by Crippen LogP contribution is 2.41. The van der Waals surface area contributed by atoms with E-state index in [4.69, 9.17) is 4.98 Å². The van der Waals surface area contributed by atoms with E-state index in [9.17, 15) is 9.90 Å². The van der Waals surface area contributed by atoms with Crippen LogP contribution in [0.5, 0.6) is 0 Å². The van der Waals surface area contributed by atoms with E-state index in [1.165, 1.54) is 29.5 Å². The van der Waals surface area contributed by atoms with Crippen molar-refractivity contribution < 1.29 is 9.90 Å².